The second-order valence-electron chi connectivity index (χ2n) is 16.6. The largest absolute Gasteiger partial charge is 0.492 e. The predicted octanol–water partition coefficient (Wildman–Crippen LogP) is 2.61. The fraction of sp³-hybridized carbons (Fsp3) is 0.581. The zero-order valence-electron chi connectivity index (χ0n) is 37.5. The first-order valence-corrected chi connectivity index (χ1v) is 22.5. The van der Waals surface area contributed by atoms with Gasteiger partial charge in [0.05, 0.1) is 28.9 Å². The Balaban J connectivity index is 1.76. The number of nitrogens with zero attached hydrogens (tertiary/aromatic N) is 2. The fourth-order valence-corrected chi connectivity index (χ4v) is 7.06. The molecule has 2 rings (SSSR count). The van der Waals surface area contributed by atoms with Gasteiger partial charge < -0.3 is 42.8 Å². The van der Waals surface area contributed by atoms with Gasteiger partial charge in [-0.05, 0) is 112 Å². The number of nitrogens with one attached hydrogen (secondary N) is 6. The maximum atomic E-state index is 13.9. The van der Waals surface area contributed by atoms with Crippen molar-refractivity contribution in [3.05, 3.63) is 65.2 Å². The molecule has 0 aliphatic heterocycles. The Bertz CT molecular complexity index is 1780. The van der Waals surface area contributed by atoms with Gasteiger partial charge in [0.15, 0.2) is 0 Å². The Kier molecular flexibility index (Phi) is 25.9. The van der Waals surface area contributed by atoms with E-state index in [0.29, 0.717) is 72.1 Å². The third kappa shape index (κ3) is 21.4. The molecule has 21 heteroatoms. The van der Waals surface area contributed by atoms with E-state index in [1.807, 2.05) is 33.8 Å². The number of hydrogen-bond donors (Lipinski definition) is 9. The van der Waals surface area contributed by atoms with Gasteiger partial charge in [-0.25, -0.2) is 5.01 Å². The SMILES string of the molecule is CNC(COc1ccc(C(=O)NCCCC[C@H](NC(=O)[C@H](CC(C)C)NF)C(N)=O)cc1)CN(N)Cc1cccc(C(=O)NCCCC[C@H](NC(=O)[C@H](CC(C)C)N(F)I)C(N)=O)c1. The van der Waals surface area contributed by atoms with Crippen LogP contribution in [0.25, 0.3) is 0 Å². The van der Waals surface area contributed by atoms with Crippen LogP contribution in [0, 0.1) is 11.8 Å². The third-order valence-electron chi connectivity index (χ3n) is 10.1. The van der Waals surface area contributed by atoms with Gasteiger partial charge in [0, 0.05) is 37.3 Å². The number of unbranched alkanes of at least 4 members (excludes halogenated alkanes) is 2. The van der Waals surface area contributed by atoms with Crippen molar-refractivity contribution in [2.45, 2.75) is 116 Å². The smallest absolute Gasteiger partial charge is 0.251 e. The van der Waals surface area contributed by atoms with Gasteiger partial charge in [0.2, 0.25) is 23.6 Å². The molecule has 0 heterocycles. The number of hydrazine groups is 1. The van der Waals surface area contributed by atoms with Crippen LogP contribution in [-0.4, -0.2) is 107 Å². The second kappa shape index (κ2) is 29.8. The average molecular weight is 1020 g/mol. The van der Waals surface area contributed by atoms with E-state index in [0.717, 1.165) is 5.56 Å². The van der Waals surface area contributed by atoms with Crippen molar-refractivity contribution in [2.75, 3.05) is 33.3 Å². The normalized spacial score (nSPS) is 13.8. The zero-order valence-corrected chi connectivity index (χ0v) is 39.6. The van der Waals surface area contributed by atoms with Gasteiger partial charge in [0.25, 0.3) is 11.8 Å². The molecular formula is C43H68F2IN11O7. The molecule has 0 fully saturated rings. The van der Waals surface area contributed by atoms with Crippen molar-refractivity contribution in [1.82, 2.24) is 40.5 Å². The molecule has 2 aromatic rings. The summed E-state index contributed by atoms with van der Waals surface area (Å²) < 4.78 is 33.3. The molecule has 12 N–H and O–H groups in total. The summed E-state index contributed by atoms with van der Waals surface area (Å²) in [6, 6.07) is 9.53. The number of benzene rings is 2. The quantitative estimate of drug-likeness (QED) is 0.0168. The van der Waals surface area contributed by atoms with Crippen LogP contribution in [0.15, 0.2) is 48.5 Å². The Morgan fingerprint density at radius 1 is 0.750 bits per heavy atom. The number of halogens is 3. The van der Waals surface area contributed by atoms with Gasteiger partial charge in [0.1, 0.15) is 36.5 Å². The molecule has 18 nitrogen and oxygen atoms in total. The highest BCUT2D eigenvalue weighted by Gasteiger charge is 2.29. The van der Waals surface area contributed by atoms with Crippen LogP contribution in [-0.2, 0) is 25.7 Å². The Morgan fingerprint density at radius 3 is 1.80 bits per heavy atom. The topological polar surface area (TPSA) is 268 Å². The number of carbonyl (C=O) groups excluding carboxylic acids is 6. The van der Waals surface area contributed by atoms with Crippen molar-refractivity contribution in [3.8, 4) is 5.75 Å². The highest BCUT2D eigenvalue weighted by molar-refractivity contribution is 14.1. The molecule has 0 aliphatic carbocycles. The van der Waals surface area contributed by atoms with Gasteiger partial charge in [-0.2, -0.15) is 0 Å². The first-order chi connectivity index (χ1) is 30.3. The monoisotopic (exact) mass is 1020 g/mol. The fourth-order valence-electron chi connectivity index (χ4n) is 6.58. The Labute approximate surface area is 389 Å². The molecule has 0 spiro atoms. The van der Waals surface area contributed by atoms with E-state index >= 15 is 0 Å². The number of amides is 6. The molecule has 2 aromatic carbocycles. The number of carbonyl (C=O) groups is 6. The molecular weight excluding hydrogens is 947 g/mol. The van der Waals surface area contributed by atoms with Crippen LogP contribution in [0.4, 0.5) is 8.96 Å². The van der Waals surface area contributed by atoms with E-state index in [-0.39, 0.29) is 62.0 Å². The number of nitrogens with two attached hydrogens (primary N) is 3. The molecule has 6 amide bonds. The number of ether oxygens (including phenoxy) is 1. The second-order valence-corrected chi connectivity index (χ2v) is 17.5. The molecule has 5 atom stereocenters. The first kappa shape index (κ1) is 55.6. The minimum atomic E-state index is -1.08. The summed E-state index contributed by atoms with van der Waals surface area (Å²) in [4.78, 5) is 74.5. The maximum Gasteiger partial charge on any atom is 0.251 e. The summed E-state index contributed by atoms with van der Waals surface area (Å²) in [6.07, 6.45) is 3.00. The standard InChI is InChI=1S/C43H68F2IN11O7/c1-27(2)21-36(55-44)42(62)53-34(38(47)58)13-6-8-19-51-40(60)30-15-17-33(18-16-30)64-26-32(50-5)25-56(49)24-29-11-10-12-31(23-29)41(61)52-20-9-7-14-35(39(48)59)54-43(63)37(57(45)46)22-28(3)4/h10-12,15-18,23,27-28,32,34-37,50,55H,6-9,13-14,19-22,24-26,49H2,1-5H3,(H2,47,58)(H2,48,59)(H,51,60)(H,52,61)(H,53,62)(H,54,63)/t32?,34-,35-,36-,37-/m0/s1. The molecule has 1 unspecified atom stereocenters. The van der Waals surface area contributed by atoms with E-state index in [1.54, 1.807) is 54.5 Å². The zero-order chi connectivity index (χ0) is 47.8. The molecule has 64 heavy (non-hydrogen) atoms. The van der Waals surface area contributed by atoms with Crippen molar-refractivity contribution >= 4 is 58.3 Å². The third-order valence-corrected chi connectivity index (χ3v) is 10.8. The highest BCUT2D eigenvalue weighted by Crippen LogP contribution is 2.18. The number of primary amides is 2. The van der Waals surface area contributed by atoms with E-state index in [2.05, 4.69) is 26.6 Å². The van der Waals surface area contributed by atoms with Crippen LogP contribution in [0.5, 0.6) is 5.75 Å². The van der Waals surface area contributed by atoms with Crippen molar-refractivity contribution in [2.24, 2.45) is 29.1 Å². The maximum absolute atomic E-state index is 13.9. The van der Waals surface area contributed by atoms with E-state index in [1.165, 1.54) is 28.4 Å². The van der Waals surface area contributed by atoms with Crippen LogP contribution in [0.3, 0.4) is 0 Å². The van der Waals surface area contributed by atoms with Crippen molar-refractivity contribution in [3.63, 3.8) is 0 Å². The summed E-state index contributed by atoms with van der Waals surface area (Å²) in [6.45, 7) is 9.10. The molecule has 0 saturated heterocycles. The van der Waals surface area contributed by atoms with Crippen LogP contribution in [0.2, 0.25) is 0 Å². The Morgan fingerprint density at radius 2 is 1.30 bits per heavy atom. The summed E-state index contributed by atoms with van der Waals surface area (Å²) >= 11 is 1.41. The van der Waals surface area contributed by atoms with Crippen LogP contribution in [0.1, 0.15) is 105 Å². The van der Waals surface area contributed by atoms with Crippen molar-refractivity contribution in [1.29, 1.82) is 0 Å². The average Bonchev–Trinajstić information content (AvgIpc) is 3.24. The number of likely N-dealkylation sites (N-methyl/N-ethyl adjacent to an activating group) is 1. The van der Waals surface area contributed by atoms with Gasteiger partial charge >= 0.3 is 0 Å². The molecule has 0 radical (unpaired) electrons. The number of rotatable bonds is 32. The molecule has 0 aromatic heterocycles. The van der Waals surface area contributed by atoms with Gasteiger partial charge in [-0.1, -0.05) is 43.2 Å². The summed E-state index contributed by atoms with van der Waals surface area (Å²) in [5, 5.41) is 15.6. The van der Waals surface area contributed by atoms with E-state index in [9.17, 15) is 37.7 Å². The molecule has 0 aliphatic rings. The van der Waals surface area contributed by atoms with Crippen molar-refractivity contribution < 1.29 is 42.5 Å². The lowest BCUT2D eigenvalue weighted by molar-refractivity contribution is -0.132. The summed E-state index contributed by atoms with van der Waals surface area (Å²) in [5.41, 5.74) is 14.1. The first-order valence-electron chi connectivity index (χ1n) is 21.6. The Hall–Kier alpha value is -4.55. The minimum Gasteiger partial charge on any atom is -0.492 e. The van der Waals surface area contributed by atoms with E-state index in [4.69, 9.17) is 22.0 Å². The van der Waals surface area contributed by atoms with Crippen LogP contribution < -0.4 is 54.2 Å². The highest BCUT2D eigenvalue weighted by atomic mass is 127. The molecule has 358 valence electrons. The lowest BCUT2D eigenvalue weighted by Crippen LogP contribution is -2.50. The summed E-state index contributed by atoms with van der Waals surface area (Å²) in [5.74, 6) is 3.78. The van der Waals surface area contributed by atoms with Crippen LogP contribution >= 0.6 is 22.9 Å². The number of hydrogen-bond acceptors (Lipinski definition) is 12. The summed E-state index contributed by atoms with van der Waals surface area (Å²) in [7, 11) is 1.79. The van der Waals surface area contributed by atoms with E-state index < -0.39 is 47.8 Å². The lowest BCUT2D eigenvalue weighted by atomic mass is 10.0. The molecule has 0 saturated carbocycles. The van der Waals surface area contributed by atoms with Gasteiger partial charge in [-0.15, -0.1) is 14.5 Å². The van der Waals surface area contributed by atoms with Gasteiger partial charge in [-0.3, -0.25) is 34.6 Å². The minimum absolute atomic E-state index is 0.0578. The molecule has 0 bridgehead atoms. The lowest BCUT2D eigenvalue weighted by Gasteiger charge is -2.24. The predicted molar refractivity (Wildman–Crippen MR) is 248 cm³/mol.